The van der Waals surface area contributed by atoms with Gasteiger partial charge in [-0.05, 0) is 61.7 Å². The summed E-state index contributed by atoms with van der Waals surface area (Å²) < 4.78 is 43.1. The average Bonchev–Trinajstić information content (AvgIpc) is 2.53. The maximum absolute atomic E-state index is 14.7. The molecule has 3 heteroatoms. The maximum Gasteiger partial charge on any atom is 0.134 e. The highest BCUT2D eigenvalue weighted by atomic mass is 19.2. The van der Waals surface area contributed by atoms with E-state index in [0.29, 0.717) is 12.3 Å². The van der Waals surface area contributed by atoms with E-state index < -0.39 is 18.5 Å². The molecule has 7 atom stereocenters. The van der Waals surface area contributed by atoms with E-state index in [0.717, 1.165) is 25.7 Å². The topological polar surface area (TPSA) is 0 Å². The number of hydrogen-bond acceptors (Lipinski definition) is 0. The van der Waals surface area contributed by atoms with Gasteiger partial charge in [0.25, 0.3) is 0 Å². The quantitative estimate of drug-likeness (QED) is 0.582. The van der Waals surface area contributed by atoms with Crippen molar-refractivity contribution in [3.8, 4) is 0 Å². The zero-order valence-electron chi connectivity index (χ0n) is 13.8. The molecule has 3 fully saturated rings. The zero-order valence-corrected chi connectivity index (χ0v) is 13.8. The molecule has 0 radical (unpaired) electrons. The molecule has 3 aliphatic rings. The molecule has 3 aliphatic carbocycles. The third kappa shape index (κ3) is 3.33. The Morgan fingerprint density at radius 2 is 1.32 bits per heavy atom. The summed E-state index contributed by atoms with van der Waals surface area (Å²) >= 11 is 0. The molecule has 3 rings (SSSR count). The van der Waals surface area contributed by atoms with Gasteiger partial charge in [-0.3, -0.25) is 0 Å². The van der Waals surface area contributed by atoms with Gasteiger partial charge in [-0.2, -0.15) is 0 Å². The van der Waals surface area contributed by atoms with Crippen LogP contribution in [-0.2, 0) is 0 Å². The third-order valence-corrected chi connectivity index (χ3v) is 6.94. The molecule has 0 heterocycles. The monoisotopic (exact) mass is 316 g/mol. The maximum atomic E-state index is 14.7. The Hall–Kier alpha value is -0.210. The van der Waals surface area contributed by atoms with Crippen LogP contribution in [0.1, 0.15) is 71.1 Å². The summed E-state index contributed by atoms with van der Waals surface area (Å²) in [5, 5.41) is 0. The zero-order chi connectivity index (χ0) is 15.7. The lowest BCUT2D eigenvalue weighted by atomic mass is 9.64. The molecule has 0 aromatic carbocycles. The number of rotatable bonds is 2. The Morgan fingerprint density at radius 3 is 2.00 bits per heavy atom. The van der Waals surface area contributed by atoms with Crippen LogP contribution in [0, 0.1) is 29.6 Å². The highest BCUT2D eigenvalue weighted by Crippen LogP contribution is 2.47. The first-order valence-corrected chi connectivity index (χ1v) is 9.50. The van der Waals surface area contributed by atoms with Crippen LogP contribution in [0.5, 0.6) is 0 Å². The minimum Gasteiger partial charge on any atom is -0.247 e. The Morgan fingerprint density at radius 1 is 0.636 bits per heavy atom. The Balaban J connectivity index is 1.57. The largest absolute Gasteiger partial charge is 0.247 e. The average molecular weight is 316 g/mol. The molecular formula is C19H31F3. The van der Waals surface area contributed by atoms with Gasteiger partial charge in [0, 0.05) is 0 Å². The van der Waals surface area contributed by atoms with Crippen LogP contribution >= 0.6 is 0 Å². The van der Waals surface area contributed by atoms with E-state index in [4.69, 9.17) is 0 Å². The van der Waals surface area contributed by atoms with E-state index in [1.807, 2.05) is 0 Å². The molecule has 22 heavy (non-hydrogen) atoms. The standard InChI is InChI=1S/C19H31F3/c1-12-7-9-16(19(22)18(12)21)14-8-10-15(17(20)11-14)13-5-3-2-4-6-13/h12-19H,2-11H2,1H3. The van der Waals surface area contributed by atoms with Gasteiger partial charge >= 0.3 is 0 Å². The smallest absolute Gasteiger partial charge is 0.134 e. The van der Waals surface area contributed by atoms with Gasteiger partial charge in [-0.15, -0.1) is 0 Å². The number of halogens is 3. The summed E-state index contributed by atoms with van der Waals surface area (Å²) in [4.78, 5) is 0. The fourth-order valence-corrected chi connectivity index (χ4v) is 5.47. The normalized spacial score (nSPS) is 48.3. The summed E-state index contributed by atoms with van der Waals surface area (Å²) in [7, 11) is 0. The molecule has 128 valence electrons. The van der Waals surface area contributed by atoms with Crippen LogP contribution in [0.2, 0.25) is 0 Å². The molecule has 0 bridgehead atoms. The summed E-state index contributed by atoms with van der Waals surface area (Å²) in [6.45, 7) is 1.80. The van der Waals surface area contributed by atoms with E-state index in [1.165, 1.54) is 32.1 Å². The van der Waals surface area contributed by atoms with E-state index in [1.54, 1.807) is 6.92 Å². The lowest BCUT2D eigenvalue weighted by Gasteiger charge is -2.43. The molecule has 0 aromatic heterocycles. The molecule has 7 unspecified atom stereocenters. The van der Waals surface area contributed by atoms with Crippen molar-refractivity contribution < 1.29 is 13.2 Å². The van der Waals surface area contributed by atoms with Gasteiger partial charge in [0.15, 0.2) is 0 Å². The summed E-state index contributed by atoms with van der Waals surface area (Å²) in [5.74, 6) is 0.392. The van der Waals surface area contributed by atoms with Crippen LogP contribution in [0.4, 0.5) is 13.2 Å². The van der Waals surface area contributed by atoms with E-state index in [9.17, 15) is 13.2 Å². The van der Waals surface area contributed by atoms with Gasteiger partial charge in [-0.1, -0.05) is 39.0 Å². The van der Waals surface area contributed by atoms with Crippen molar-refractivity contribution in [3.05, 3.63) is 0 Å². The molecule has 0 N–H and O–H groups in total. The summed E-state index contributed by atoms with van der Waals surface area (Å²) in [5.41, 5.74) is 0. The van der Waals surface area contributed by atoms with Gasteiger partial charge in [-0.25, -0.2) is 13.2 Å². The lowest BCUT2D eigenvalue weighted by molar-refractivity contribution is -0.0268. The van der Waals surface area contributed by atoms with E-state index >= 15 is 0 Å². The second kappa shape index (κ2) is 7.13. The van der Waals surface area contributed by atoms with Gasteiger partial charge in [0.1, 0.15) is 18.5 Å². The molecule has 3 saturated carbocycles. The van der Waals surface area contributed by atoms with Crippen LogP contribution in [0.15, 0.2) is 0 Å². The van der Waals surface area contributed by atoms with Crippen molar-refractivity contribution in [1.82, 2.24) is 0 Å². The number of hydrogen-bond donors (Lipinski definition) is 0. The molecule has 0 nitrogen and oxygen atoms in total. The van der Waals surface area contributed by atoms with Crippen molar-refractivity contribution >= 4 is 0 Å². The minimum atomic E-state index is -1.37. The molecule has 0 spiro atoms. The van der Waals surface area contributed by atoms with E-state index in [-0.39, 0.29) is 23.7 Å². The molecule has 0 aromatic rings. The predicted octanol–water partition coefficient (Wildman–Crippen LogP) is 6.04. The second-order valence-electron chi connectivity index (χ2n) is 8.26. The Labute approximate surface area is 133 Å². The highest BCUT2D eigenvalue weighted by Gasteiger charge is 2.45. The van der Waals surface area contributed by atoms with Gasteiger partial charge < -0.3 is 0 Å². The van der Waals surface area contributed by atoms with Crippen molar-refractivity contribution in [1.29, 1.82) is 0 Å². The fraction of sp³-hybridized carbons (Fsp3) is 1.00. The second-order valence-corrected chi connectivity index (χ2v) is 8.26. The van der Waals surface area contributed by atoms with Crippen molar-refractivity contribution in [2.75, 3.05) is 0 Å². The number of alkyl halides is 3. The van der Waals surface area contributed by atoms with Crippen molar-refractivity contribution in [2.45, 2.75) is 89.6 Å². The SMILES string of the molecule is CC1CCC(C2CCC(C3CCCCC3)C(F)C2)C(F)C1F. The van der Waals surface area contributed by atoms with Crippen LogP contribution < -0.4 is 0 Å². The first-order chi connectivity index (χ1) is 10.6. The van der Waals surface area contributed by atoms with Crippen LogP contribution in [0.3, 0.4) is 0 Å². The first-order valence-electron chi connectivity index (χ1n) is 9.50. The van der Waals surface area contributed by atoms with Gasteiger partial charge in [0.2, 0.25) is 0 Å². The van der Waals surface area contributed by atoms with Gasteiger partial charge in [0.05, 0.1) is 0 Å². The van der Waals surface area contributed by atoms with Crippen molar-refractivity contribution in [3.63, 3.8) is 0 Å². The lowest BCUT2D eigenvalue weighted by Crippen LogP contribution is -2.43. The Bertz CT molecular complexity index is 353. The fourth-order valence-electron chi connectivity index (χ4n) is 5.47. The molecule has 0 aliphatic heterocycles. The first kappa shape index (κ1) is 16.6. The highest BCUT2D eigenvalue weighted by molar-refractivity contribution is 4.94. The Kier molecular flexibility index (Phi) is 5.39. The van der Waals surface area contributed by atoms with Crippen LogP contribution in [-0.4, -0.2) is 18.5 Å². The van der Waals surface area contributed by atoms with Crippen molar-refractivity contribution in [2.24, 2.45) is 29.6 Å². The molecule has 0 amide bonds. The molecular weight excluding hydrogens is 285 g/mol. The van der Waals surface area contributed by atoms with E-state index in [2.05, 4.69) is 0 Å². The van der Waals surface area contributed by atoms with Crippen LogP contribution in [0.25, 0.3) is 0 Å². The summed E-state index contributed by atoms with van der Waals surface area (Å²) in [6.07, 6.45) is 6.43. The minimum absolute atomic E-state index is 0.0654. The summed E-state index contributed by atoms with van der Waals surface area (Å²) in [6, 6.07) is 0. The molecule has 0 saturated heterocycles. The third-order valence-electron chi connectivity index (χ3n) is 6.94. The predicted molar refractivity (Wildman–Crippen MR) is 84.0 cm³/mol.